The number of rotatable bonds is 12. The van der Waals surface area contributed by atoms with E-state index in [1.807, 2.05) is 82.7 Å². The van der Waals surface area contributed by atoms with Gasteiger partial charge in [-0.25, -0.2) is 19.8 Å². The van der Waals surface area contributed by atoms with Gasteiger partial charge in [0.15, 0.2) is 6.04 Å². The molecule has 2 aromatic heterocycles. The van der Waals surface area contributed by atoms with Gasteiger partial charge in [0.2, 0.25) is 6.40 Å². The minimum atomic E-state index is -0.873. The molecule has 10 rings (SSSR count). The largest absolute Gasteiger partial charge is 0.453 e. The molecule has 2 saturated carbocycles. The number of benzene rings is 4. The fourth-order valence-electron chi connectivity index (χ4n) is 9.35. The maximum absolute atomic E-state index is 14.2. The fourth-order valence-corrected chi connectivity index (χ4v) is 9.35. The number of imidazole rings is 2. The maximum Gasteiger partial charge on any atom is 0.407 e. The van der Waals surface area contributed by atoms with Gasteiger partial charge in [0.1, 0.15) is 17.7 Å². The lowest BCUT2D eigenvalue weighted by atomic mass is 10.0. The van der Waals surface area contributed by atoms with E-state index < -0.39 is 18.2 Å². The minimum Gasteiger partial charge on any atom is -0.453 e. The van der Waals surface area contributed by atoms with Crippen LogP contribution >= 0.6 is 0 Å². The number of fused-ring (bicyclic) bond motifs is 3. The van der Waals surface area contributed by atoms with E-state index in [9.17, 15) is 14.4 Å². The zero-order valence-corrected chi connectivity index (χ0v) is 33.1. The Morgan fingerprint density at radius 2 is 1.38 bits per heavy atom. The average molecular weight is 805 g/mol. The van der Waals surface area contributed by atoms with Crippen molar-refractivity contribution in [1.29, 1.82) is 0 Å². The second kappa shape index (κ2) is 15.4. The summed E-state index contributed by atoms with van der Waals surface area (Å²) < 4.78 is 4.87. The minimum absolute atomic E-state index is 0.0897. The normalized spacial score (nSPS) is 23.6. The first-order chi connectivity index (χ1) is 29.4. The summed E-state index contributed by atoms with van der Waals surface area (Å²) in [5.74, 6) is 2.08. The Morgan fingerprint density at radius 3 is 2.07 bits per heavy atom. The number of alkyl carbamates (subject to hydrolysis) is 1. The topological polar surface area (TPSA) is 167 Å². The van der Waals surface area contributed by atoms with Gasteiger partial charge >= 0.3 is 6.09 Å². The zero-order valence-electron chi connectivity index (χ0n) is 33.1. The summed E-state index contributed by atoms with van der Waals surface area (Å²) in [6.07, 6.45) is 5.91. The van der Waals surface area contributed by atoms with Gasteiger partial charge in [-0.15, -0.1) is 0 Å². The first kappa shape index (κ1) is 37.5. The Labute approximate surface area is 345 Å². The van der Waals surface area contributed by atoms with Crippen molar-refractivity contribution in [1.82, 2.24) is 35.1 Å². The van der Waals surface area contributed by atoms with Gasteiger partial charge in [-0.1, -0.05) is 91.0 Å². The lowest BCUT2D eigenvalue weighted by Crippen LogP contribution is -2.44. The summed E-state index contributed by atoms with van der Waals surface area (Å²) >= 11 is 0. The highest BCUT2D eigenvalue weighted by atomic mass is 17.2. The van der Waals surface area contributed by atoms with Crippen molar-refractivity contribution < 1.29 is 28.9 Å². The number of hydrogen-bond acceptors (Lipinski definition) is 9. The quantitative estimate of drug-likeness (QED) is 0.0499. The van der Waals surface area contributed by atoms with Crippen LogP contribution in [-0.2, 0) is 24.1 Å². The van der Waals surface area contributed by atoms with E-state index in [0.717, 1.165) is 76.3 Å². The molecule has 8 atom stereocenters. The first-order valence-corrected chi connectivity index (χ1v) is 20.3. The molecule has 60 heavy (non-hydrogen) atoms. The van der Waals surface area contributed by atoms with Crippen molar-refractivity contribution in [2.75, 3.05) is 14.2 Å². The number of nitrogens with one attached hydrogen (secondary N) is 3. The number of hydrogen-bond donors (Lipinski definition) is 3. The molecular weight excluding hydrogens is 761 g/mol. The van der Waals surface area contributed by atoms with E-state index >= 15 is 0 Å². The van der Waals surface area contributed by atoms with E-state index in [1.165, 1.54) is 20.6 Å². The molecule has 4 heterocycles. The van der Waals surface area contributed by atoms with E-state index in [-0.39, 0.29) is 36.0 Å². The van der Waals surface area contributed by atoms with Crippen LogP contribution in [0.15, 0.2) is 114 Å². The third-order valence-corrected chi connectivity index (χ3v) is 12.5. The molecule has 3 N–H and O–H groups in total. The Bertz CT molecular complexity index is 2580. The molecule has 2 saturated heterocycles. The van der Waals surface area contributed by atoms with Crippen molar-refractivity contribution in [2.24, 2.45) is 16.8 Å². The predicted molar refractivity (Wildman–Crippen MR) is 222 cm³/mol. The summed E-state index contributed by atoms with van der Waals surface area (Å²) in [5, 5.41) is 2.76. The lowest BCUT2D eigenvalue weighted by molar-refractivity contribution is -0.188. The van der Waals surface area contributed by atoms with Gasteiger partial charge in [-0.2, -0.15) is 4.89 Å². The second-order valence-corrected chi connectivity index (χ2v) is 16.0. The molecule has 0 unspecified atom stereocenters. The first-order valence-electron chi connectivity index (χ1n) is 20.3. The SMILES string of the molecule is COOC=N[C@@H](C(=O)N1[C@@H]2C[C@@H]2C[C@H]1c1nc2ccc(-c3ccc(-c4cnc([C@@H]5C[C@H]6C[C@H]6N5C(=O)[C@@H](NC(=O)OC)c5ccccc5)[nH]4)cc3)cc2[nH]1)c1ccccc1. The van der Waals surface area contributed by atoms with Crippen LogP contribution in [-0.4, -0.2) is 80.3 Å². The number of methoxy groups -OCH3 is 1. The van der Waals surface area contributed by atoms with Gasteiger partial charge in [-0.05, 0) is 77.5 Å². The number of ether oxygens (including phenoxy) is 1. The molecule has 4 aromatic carbocycles. The smallest absolute Gasteiger partial charge is 0.407 e. The summed E-state index contributed by atoms with van der Waals surface area (Å²) in [7, 11) is 2.69. The van der Waals surface area contributed by atoms with E-state index in [1.54, 1.807) is 0 Å². The fraction of sp³-hybridized carbons (Fsp3) is 0.304. The second-order valence-electron chi connectivity index (χ2n) is 16.0. The Balaban J connectivity index is 0.857. The monoisotopic (exact) mass is 804 g/mol. The Kier molecular flexibility index (Phi) is 9.63. The van der Waals surface area contributed by atoms with Crippen LogP contribution in [0.3, 0.4) is 0 Å². The summed E-state index contributed by atoms with van der Waals surface area (Å²) in [5.41, 5.74) is 7.09. The van der Waals surface area contributed by atoms with Crippen LogP contribution in [0.2, 0.25) is 0 Å². The Hall–Kier alpha value is -6.80. The number of likely N-dealkylation sites (tertiary alicyclic amines) is 2. The molecule has 14 heteroatoms. The highest BCUT2D eigenvalue weighted by Crippen LogP contribution is 2.55. The molecule has 0 radical (unpaired) electrons. The van der Waals surface area contributed by atoms with Gasteiger partial charge in [-0.3, -0.25) is 9.59 Å². The number of nitrogens with zero attached hydrogens (tertiary/aromatic N) is 5. The molecule has 304 valence electrons. The molecule has 2 aliphatic carbocycles. The highest BCUT2D eigenvalue weighted by Gasteiger charge is 2.57. The lowest BCUT2D eigenvalue weighted by Gasteiger charge is -2.30. The number of H-pyrrole nitrogens is 2. The number of aromatic nitrogens is 4. The van der Waals surface area contributed by atoms with E-state index in [2.05, 4.69) is 56.7 Å². The van der Waals surface area contributed by atoms with Gasteiger partial charge in [0.05, 0.1) is 49.2 Å². The van der Waals surface area contributed by atoms with E-state index in [4.69, 9.17) is 24.5 Å². The molecule has 6 aromatic rings. The van der Waals surface area contributed by atoms with Crippen LogP contribution in [0.1, 0.15) is 72.6 Å². The zero-order chi connectivity index (χ0) is 40.9. The number of carbonyl (C=O) groups excluding carboxylic acids is 3. The van der Waals surface area contributed by atoms with E-state index in [0.29, 0.717) is 17.4 Å². The number of aromatic amines is 2. The van der Waals surface area contributed by atoms with Crippen molar-refractivity contribution in [2.45, 2.75) is 61.9 Å². The van der Waals surface area contributed by atoms with Gasteiger partial charge < -0.3 is 34.7 Å². The summed E-state index contributed by atoms with van der Waals surface area (Å²) in [6.45, 7) is 0. The number of amides is 3. The van der Waals surface area contributed by atoms with Crippen LogP contribution in [0.25, 0.3) is 33.4 Å². The summed E-state index contributed by atoms with van der Waals surface area (Å²) in [4.78, 5) is 75.5. The average Bonchev–Trinajstić information content (AvgIpc) is 3.91. The third kappa shape index (κ3) is 6.96. The number of piperidine rings is 2. The number of aliphatic imine (C=N–C) groups is 1. The highest BCUT2D eigenvalue weighted by molar-refractivity contribution is 5.89. The third-order valence-electron chi connectivity index (χ3n) is 12.5. The van der Waals surface area contributed by atoms with Gasteiger partial charge in [0.25, 0.3) is 11.8 Å². The van der Waals surface area contributed by atoms with Crippen LogP contribution in [0.4, 0.5) is 4.79 Å². The van der Waals surface area contributed by atoms with Crippen LogP contribution in [0, 0.1) is 11.8 Å². The standard InChI is InChI=1S/C46H44N8O6/c1-58-46(57)52-41(29-11-7-4-8-12-29)45(56)53-36-20-31(36)22-38(53)42-47-24-35(51-42)27-15-13-26(14-16-27)30-17-18-33-34(19-30)50-43(49-33)39-23-32-21-37(32)54(39)44(55)40(48-25-60-59-2)28-9-5-3-6-10-28/h3-19,24-25,31-32,36-41H,20-23H2,1-2H3,(H,47,51)(H,49,50)(H,52,57)/t31-,32-,36-,37-,38+,39+,40-,41+/m1/s1. The molecule has 3 amide bonds. The molecule has 4 aliphatic rings. The maximum atomic E-state index is 14.2. The molecular formula is C46H44N8O6. The Morgan fingerprint density at radius 1 is 0.750 bits per heavy atom. The predicted octanol–water partition coefficient (Wildman–Crippen LogP) is 7.39. The van der Waals surface area contributed by atoms with Crippen molar-refractivity contribution in [3.8, 4) is 22.4 Å². The molecule has 2 aliphatic heterocycles. The van der Waals surface area contributed by atoms with Crippen LogP contribution in [0.5, 0.6) is 0 Å². The molecule has 4 fully saturated rings. The summed E-state index contributed by atoms with van der Waals surface area (Å²) in [6, 6.07) is 31.4. The van der Waals surface area contributed by atoms with Crippen molar-refractivity contribution in [3.05, 3.63) is 132 Å². The van der Waals surface area contributed by atoms with Crippen molar-refractivity contribution >= 4 is 35.3 Å². The molecule has 0 spiro atoms. The van der Waals surface area contributed by atoms with Crippen LogP contribution < -0.4 is 5.32 Å². The van der Waals surface area contributed by atoms with Crippen molar-refractivity contribution in [3.63, 3.8) is 0 Å². The number of carbonyl (C=O) groups is 3. The molecule has 14 nitrogen and oxygen atoms in total. The van der Waals surface area contributed by atoms with Gasteiger partial charge in [0, 0.05) is 12.1 Å². The molecule has 0 bridgehead atoms.